The van der Waals surface area contributed by atoms with Crippen molar-refractivity contribution in [2.24, 2.45) is 0 Å². The molecule has 63 heavy (non-hydrogen) atoms. The van der Waals surface area contributed by atoms with Crippen LogP contribution >= 0.6 is 0 Å². The Morgan fingerprint density at radius 3 is 0.794 bits per heavy atom. The summed E-state index contributed by atoms with van der Waals surface area (Å²) in [5.74, 6) is -0.872. The SMILES string of the molecule is CCCCCCCCC=CCCCCCCCC(=O)OCC(COC(=O)CCCCCCCC=CCCCCCCCC)OC(=O)CCCCCCCCCCCCCCCCC. The molecule has 0 fully saturated rings. The lowest BCUT2D eigenvalue weighted by Crippen LogP contribution is -2.30. The third-order valence-electron chi connectivity index (χ3n) is 12.4. The number of hydrogen-bond donors (Lipinski definition) is 0. The average Bonchev–Trinajstić information content (AvgIpc) is 3.28. The van der Waals surface area contributed by atoms with Crippen molar-refractivity contribution >= 4 is 17.9 Å². The Hall–Kier alpha value is -2.11. The first-order valence-corrected chi connectivity index (χ1v) is 27.8. The predicted octanol–water partition coefficient (Wildman–Crippen LogP) is 18.3. The number of unbranched alkanes of at least 4 members (excludes halogenated alkanes) is 36. The van der Waals surface area contributed by atoms with Crippen LogP contribution in [-0.2, 0) is 28.6 Å². The molecule has 0 aliphatic rings. The zero-order chi connectivity index (χ0) is 45.8. The molecule has 6 nitrogen and oxygen atoms in total. The number of esters is 3. The molecule has 0 spiro atoms. The van der Waals surface area contributed by atoms with Gasteiger partial charge in [0.15, 0.2) is 6.10 Å². The van der Waals surface area contributed by atoms with Crippen molar-refractivity contribution in [1.29, 1.82) is 0 Å². The van der Waals surface area contributed by atoms with E-state index in [1.54, 1.807) is 0 Å². The monoisotopic (exact) mass is 887 g/mol. The second-order valence-corrected chi connectivity index (χ2v) is 18.8. The van der Waals surface area contributed by atoms with Gasteiger partial charge in [-0.25, -0.2) is 0 Å². The highest BCUT2D eigenvalue weighted by Gasteiger charge is 2.19. The smallest absolute Gasteiger partial charge is 0.306 e. The number of rotatable bonds is 51. The zero-order valence-corrected chi connectivity index (χ0v) is 42.4. The van der Waals surface area contributed by atoms with Gasteiger partial charge < -0.3 is 14.2 Å². The Balaban J connectivity index is 4.36. The topological polar surface area (TPSA) is 78.9 Å². The molecule has 0 saturated carbocycles. The standard InChI is InChI=1S/C57H106O6/c1-4-7-10-13-16-19-22-25-28-31-34-37-40-43-46-49-55(58)61-52-54(63-57(60)51-48-45-42-39-36-33-30-27-24-21-18-15-12-9-6-3)53-62-56(59)50-47-44-41-38-35-32-29-26-23-20-17-14-11-8-5-2/h25-26,28-29,54H,4-24,27,30-53H2,1-3H3. The number of allylic oxidation sites excluding steroid dienone is 4. The first-order valence-electron chi connectivity index (χ1n) is 27.8. The van der Waals surface area contributed by atoms with Gasteiger partial charge in [0.05, 0.1) is 0 Å². The summed E-state index contributed by atoms with van der Waals surface area (Å²) in [4.78, 5) is 38.1. The maximum atomic E-state index is 12.8. The highest BCUT2D eigenvalue weighted by Crippen LogP contribution is 2.16. The van der Waals surface area contributed by atoms with Crippen LogP contribution in [0.1, 0.15) is 303 Å². The van der Waals surface area contributed by atoms with Crippen molar-refractivity contribution in [3.05, 3.63) is 24.3 Å². The van der Waals surface area contributed by atoms with Crippen LogP contribution in [0.5, 0.6) is 0 Å². The highest BCUT2D eigenvalue weighted by atomic mass is 16.6. The summed E-state index contributed by atoms with van der Waals surface area (Å²) >= 11 is 0. The Kier molecular flexibility index (Phi) is 50.8. The Labute approximate surface area is 392 Å². The molecule has 0 aromatic carbocycles. The van der Waals surface area contributed by atoms with Crippen LogP contribution in [0, 0.1) is 0 Å². The van der Waals surface area contributed by atoms with E-state index in [4.69, 9.17) is 14.2 Å². The van der Waals surface area contributed by atoms with Crippen molar-refractivity contribution in [3.63, 3.8) is 0 Å². The van der Waals surface area contributed by atoms with Gasteiger partial charge in [-0.2, -0.15) is 0 Å². The van der Waals surface area contributed by atoms with Crippen molar-refractivity contribution in [2.75, 3.05) is 13.2 Å². The van der Waals surface area contributed by atoms with Crippen LogP contribution in [0.15, 0.2) is 24.3 Å². The van der Waals surface area contributed by atoms with E-state index in [9.17, 15) is 14.4 Å². The number of carbonyl (C=O) groups excluding carboxylic acids is 3. The van der Waals surface area contributed by atoms with Crippen LogP contribution < -0.4 is 0 Å². The Bertz CT molecular complexity index is 964. The highest BCUT2D eigenvalue weighted by molar-refractivity contribution is 5.71. The van der Waals surface area contributed by atoms with E-state index >= 15 is 0 Å². The molecule has 0 aromatic rings. The fourth-order valence-electron chi connectivity index (χ4n) is 8.20. The lowest BCUT2D eigenvalue weighted by atomic mass is 10.0. The van der Waals surface area contributed by atoms with Gasteiger partial charge in [-0.3, -0.25) is 14.4 Å². The Morgan fingerprint density at radius 1 is 0.302 bits per heavy atom. The van der Waals surface area contributed by atoms with Gasteiger partial charge in [0.2, 0.25) is 0 Å². The predicted molar refractivity (Wildman–Crippen MR) is 270 cm³/mol. The van der Waals surface area contributed by atoms with Gasteiger partial charge in [-0.1, -0.05) is 238 Å². The quantitative estimate of drug-likeness (QED) is 0.0262. The van der Waals surface area contributed by atoms with Gasteiger partial charge in [0.1, 0.15) is 13.2 Å². The molecule has 0 saturated heterocycles. The molecule has 370 valence electrons. The van der Waals surface area contributed by atoms with E-state index in [1.807, 2.05) is 0 Å². The van der Waals surface area contributed by atoms with E-state index in [2.05, 4.69) is 45.1 Å². The van der Waals surface area contributed by atoms with Crippen LogP contribution in [0.4, 0.5) is 0 Å². The molecule has 0 bridgehead atoms. The number of ether oxygens (including phenoxy) is 3. The van der Waals surface area contributed by atoms with Gasteiger partial charge in [-0.05, 0) is 70.6 Å². The van der Waals surface area contributed by atoms with Gasteiger partial charge in [0, 0.05) is 19.3 Å². The van der Waals surface area contributed by atoms with Crippen LogP contribution in [0.3, 0.4) is 0 Å². The first-order chi connectivity index (χ1) is 31.0. The molecule has 0 heterocycles. The minimum absolute atomic E-state index is 0.0742. The minimum atomic E-state index is -0.773. The van der Waals surface area contributed by atoms with Crippen molar-refractivity contribution in [3.8, 4) is 0 Å². The molecule has 0 amide bonds. The van der Waals surface area contributed by atoms with Crippen molar-refractivity contribution in [1.82, 2.24) is 0 Å². The van der Waals surface area contributed by atoms with Crippen molar-refractivity contribution < 1.29 is 28.6 Å². The molecule has 0 atom stereocenters. The van der Waals surface area contributed by atoms with Gasteiger partial charge in [0.25, 0.3) is 0 Å². The maximum Gasteiger partial charge on any atom is 0.306 e. The summed E-state index contributed by atoms with van der Waals surface area (Å²) in [7, 11) is 0. The van der Waals surface area contributed by atoms with E-state index in [-0.39, 0.29) is 31.1 Å². The largest absolute Gasteiger partial charge is 0.462 e. The third-order valence-corrected chi connectivity index (χ3v) is 12.4. The molecule has 0 aromatic heterocycles. The molecule has 0 radical (unpaired) electrons. The molecule has 0 N–H and O–H groups in total. The summed E-state index contributed by atoms with van der Waals surface area (Å²) in [6.07, 6.45) is 60.2. The van der Waals surface area contributed by atoms with Crippen LogP contribution in [-0.4, -0.2) is 37.2 Å². The summed E-state index contributed by atoms with van der Waals surface area (Å²) in [5, 5.41) is 0. The zero-order valence-electron chi connectivity index (χ0n) is 42.4. The van der Waals surface area contributed by atoms with E-state index < -0.39 is 6.10 Å². The average molecular weight is 887 g/mol. The second kappa shape index (κ2) is 52.5. The molecule has 0 unspecified atom stereocenters. The molecular weight excluding hydrogens is 781 g/mol. The summed E-state index contributed by atoms with van der Waals surface area (Å²) < 4.78 is 16.8. The van der Waals surface area contributed by atoms with Gasteiger partial charge >= 0.3 is 17.9 Å². The summed E-state index contributed by atoms with van der Waals surface area (Å²) in [6.45, 7) is 6.65. The molecule has 0 rings (SSSR count). The van der Waals surface area contributed by atoms with Crippen LogP contribution in [0.25, 0.3) is 0 Å². The normalized spacial score (nSPS) is 12.1. The maximum absolute atomic E-state index is 12.8. The lowest BCUT2D eigenvalue weighted by Gasteiger charge is -2.18. The van der Waals surface area contributed by atoms with Crippen molar-refractivity contribution in [2.45, 2.75) is 309 Å². The molecule has 0 aliphatic heterocycles. The fourth-order valence-corrected chi connectivity index (χ4v) is 8.20. The van der Waals surface area contributed by atoms with E-state index in [0.29, 0.717) is 19.3 Å². The number of hydrogen-bond acceptors (Lipinski definition) is 6. The fraction of sp³-hybridized carbons (Fsp3) is 0.877. The summed E-state index contributed by atoms with van der Waals surface area (Å²) in [5.41, 5.74) is 0. The molecule has 0 aliphatic carbocycles. The third kappa shape index (κ3) is 50.7. The van der Waals surface area contributed by atoms with Gasteiger partial charge in [-0.15, -0.1) is 0 Å². The molecule has 6 heteroatoms. The van der Waals surface area contributed by atoms with Crippen LogP contribution in [0.2, 0.25) is 0 Å². The van der Waals surface area contributed by atoms with E-state index in [0.717, 1.165) is 70.6 Å². The first kappa shape index (κ1) is 60.9. The van der Waals surface area contributed by atoms with E-state index in [1.165, 1.54) is 193 Å². The second-order valence-electron chi connectivity index (χ2n) is 18.8. The summed E-state index contributed by atoms with van der Waals surface area (Å²) in [6, 6.07) is 0. The molecular formula is C57H106O6. The lowest BCUT2D eigenvalue weighted by molar-refractivity contribution is -0.167. The minimum Gasteiger partial charge on any atom is -0.462 e. The Morgan fingerprint density at radius 2 is 0.524 bits per heavy atom. The number of carbonyl (C=O) groups is 3.